The molecule has 1 atom stereocenters. The molecule has 1 unspecified atom stereocenters. The molecule has 0 bridgehead atoms. The summed E-state index contributed by atoms with van der Waals surface area (Å²) in [6.45, 7) is 8.98. The Kier molecular flexibility index (Phi) is 3.70. The van der Waals surface area contributed by atoms with Gasteiger partial charge in [-0.3, -0.25) is 0 Å². The Labute approximate surface area is 114 Å². The molecule has 19 heavy (non-hydrogen) atoms. The molecule has 0 saturated carbocycles. The molecule has 1 aromatic heterocycles. The van der Waals surface area contributed by atoms with Gasteiger partial charge in [-0.2, -0.15) is 0 Å². The fraction of sp³-hybridized carbons (Fsp3) is 0.500. The van der Waals surface area contributed by atoms with Crippen LogP contribution in [0.15, 0.2) is 24.4 Å². The lowest BCUT2D eigenvalue weighted by Crippen LogP contribution is -2.10. The first-order valence-corrected chi connectivity index (χ1v) is 6.77. The molecule has 0 aliphatic heterocycles. The van der Waals surface area contributed by atoms with Gasteiger partial charge in [-0.15, -0.1) is 0 Å². The highest BCUT2D eigenvalue weighted by Gasteiger charge is 2.17. The summed E-state index contributed by atoms with van der Waals surface area (Å²) in [6, 6.07) is 6.37. The third-order valence-electron chi connectivity index (χ3n) is 3.57. The number of aliphatic hydroxyl groups excluding tert-OH is 2. The summed E-state index contributed by atoms with van der Waals surface area (Å²) in [5.41, 5.74) is 3.33. The van der Waals surface area contributed by atoms with Gasteiger partial charge in [0, 0.05) is 29.2 Å². The van der Waals surface area contributed by atoms with E-state index in [1.54, 1.807) is 6.92 Å². The molecule has 0 amide bonds. The molecule has 1 heterocycles. The van der Waals surface area contributed by atoms with Crippen molar-refractivity contribution in [1.29, 1.82) is 0 Å². The van der Waals surface area contributed by atoms with E-state index in [9.17, 15) is 5.11 Å². The van der Waals surface area contributed by atoms with E-state index < -0.39 is 6.10 Å². The predicted octanol–water partition coefficient (Wildman–Crippen LogP) is 2.98. The van der Waals surface area contributed by atoms with Gasteiger partial charge in [0.1, 0.15) is 0 Å². The molecule has 0 saturated heterocycles. The molecule has 3 heteroatoms. The van der Waals surface area contributed by atoms with Gasteiger partial charge in [0.2, 0.25) is 0 Å². The van der Waals surface area contributed by atoms with Crippen molar-refractivity contribution in [2.75, 3.05) is 6.61 Å². The van der Waals surface area contributed by atoms with Crippen molar-refractivity contribution in [2.45, 2.75) is 45.8 Å². The van der Waals surface area contributed by atoms with Crippen LogP contribution < -0.4 is 0 Å². The third kappa shape index (κ3) is 2.67. The van der Waals surface area contributed by atoms with E-state index in [1.807, 2.05) is 10.8 Å². The molecule has 2 N–H and O–H groups in total. The maximum atomic E-state index is 9.92. The quantitative estimate of drug-likeness (QED) is 0.892. The van der Waals surface area contributed by atoms with E-state index in [2.05, 4.69) is 39.0 Å². The van der Waals surface area contributed by atoms with Crippen LogP contribution in [0.3, 0.4) is 0 Å². The van der Waals surface area contributed by atoms with Gasteiger partial charge in [0.15, 0.2) is 0 Å². The Hall–Kier alpha value is -1.32. The van der Waals surface area contributed by atoms with Crippen molar-refractivity contribution in [1.82, 2.24) is 4.57 Å². The van der Waals surface area contributed by atoms with Crippen molar-refractivity contribution >= 4 is 10.9 Å². The van der Waals surface area contributed by atoms with Gasteiger partial charge in [-0.05, 0) is 30.0 Å². The Morgan fingerprint density at radius 2 is 1.95 bits per heavy atom. The third-order valence-corrected chi connectivity index (χ3v) is 3.57. The minimum absolute atomic E-state index is 0.0865. The smallest absolute Gasteiger partial charge is 0.0782 e. The molecule has 104 valence electrons. The molecular weight excluding hydrogens is 238 g/mol. The predicted molar refractivity (Wildman–Crippen MR) is 78.4 cm³/mol. The molecule has 1 aromatic carbocycles. The molecule has 3 nitrogen and oxygen atoms in total. The van der Waals surface area contributed by atoms with Gasteiger partial charge in [0.05, 0.1) is 12.7 Å². The number of hydrogen-bond donors (Lipinski definition) is 2. The molecule has 0 aliphatic carbocycles. The average Bonchev–Trinajstić information content (AvgIpc) is 2.67. The van der Waals surface area contributed by atoms with Crippen molar-refractivity contribution in [3.63, 3.8) is 0 Å². The van der Waals surface area contributed by atoms with Crippen LogP contribution in [0.5, 0.6) is 0 Å². The summed E-state index contributed by atoms with van der Waals surface area (Å²) in [5, 5.41) is 20.1. The lowest BCUT2D eigenvalue weighted by atomic mass is 9.86. The number of aromatic nitrogens is 1. The first kappa shape index (κ1) is 14.1. The Morgan fingerprint density at radius 1 is 1.26 bits per heavy atom. The van der Waals surface area contributed by atoms with Gasteiger partial charge < -0.3 is 14.8 Å². The van der Waals surface area contributed by atoms with Crippen LogP contribution in [-0.2, 0) is 12.0 Å². The van der Waals surface area contributed by atoms with Gasteiger partial charge in [-0.25, -0.2) is 0 Å². The highest BCUT2D eigenvalue weighted by Crippen LogP contribution is 2.31. The van der Waals surface area contributed by atoms with Crippen molar-refractivity contribution in [2.24, 2.45) is 0 Å². The molecular formula is C16H23NO2. The Morgan fingerprint density at radius 3 is 2.47 bits per heavy atom. The fourth-order valence-electron chi connectivity index (χ4n) is 2.42. The molecule has 0 aliphatic rings. The summed E-state index contributed by atoms with van der Waals surface area (Å²) >= 11 is 0. The second-order valence-electron chi connectivity index (χ2n) is 6.16. The second kappa shape index (κ2) is 4.99. The number of nitrogens with zero attached hydrogens (tertiary/aromatic N) is 1. The number of hydrogen-bond acceptors (Lipinski definition) is 2. The van der Waals surface area contributed by atoms with Gasteiger partial charge in [-0.1, -0.05) is 26.8 Å². The summed E-state index contributed by atoms with van der Waals surface area (Å²) in [4.78, 5) is 0. The fourth-order valence-corrected chi connectivity index (χ4v) is 2.42. The highest BCUT2D eigenvalue weighted by molar-refractivity contribution is 5.85. The van der Waals surface area contributed by atoms with Crippen LogP contribution in [0.2, 0.25) is 0 Å². The molecule has 2 rings (SSSR count). The van der Waals surface area contributed by atoms with E-state index in [0.717, 1.165) is 16.5 Å². The second-order valence-corrected chi connectivity index (χ2v) is 6.16. The lowest BCUT2D eigenvalue weighted by Gasteiger charge is -2.19. The maximum Gasteiger partial charge on any atom is 0.0782 e. The van der Waals surface area contributed by atoms with Crippen LogP contribution in [0, 0.1) is 0 Å². The van der Waals surface area contributed by atoms with Crippen LogP contribution in [0.4, 0.5) is 0 Å². The van der Waals surface area contributed by atoms with Crippen LogP contribution in [0.1, 0.15) is 44.9 Å². The average molecular weight is 261 g/mol. The monoisotopic (exact) mass is 261 g/mol. The standard InChI is InChI=1S/C16H23NO2/c1-11(19)14-10-17(7-8-18)15-6-5-12(9-13(14)15)16(2,3)4/h5-6,9-11,18-19H,7-8H2,1-4H3. The topological polar surface area (TPSA) is 45.4 Å². The summed E-state index contributed by atoms with van der Waals surface area (Å²) in [5.74, 6) is 0. The van der Waals surface area contributed by atoms with E-state index in [0.29, 0.717) is 6.54 Å². The van der Waals surface area contributed by atoms with E-state index in [1.165, 1.54) is 5.56 Å². The normalized spacial score (nSPS) is 14.0. The van der Waals surface area contributed by atoms with Crippen molar-refractivity contribution in [3.05, 3.63) is 35.5 Å². The summed E-state index contributed by atoms with van der Waals surface area (Å²) in [7, 11) is 0. The Bertz CT molecular complexity index is 576. The molecule has 0 spiro atoms. The largest absolute Gasteiger partial charge is 0.395 e. The number of fused-ring (bicyclic) bond motifs is 1. The SMILES string of the molecule is CC(O)c1cn(CCO)c2ccc(C(C)(C)C)cc12. The maximum absolute atomic E-state index is 9.92. The van der Waals surface area contributed by atoms with E-state index >= 15 is 0 Å². The molecule has 2 aromatic rings. The van der Waals surface area contributed by atoms with Crippen LogP contribution in [0.25, 0.3) is 10.9 Å². The van der Waals surface area contributed by atoms with Gasteiger partial charge in [0.25, 0.3) is 0 Å². The van der Waals surface area contributed by atoms with Crippen molar-refractivity contribution in [3.8, 4) is 0 Å². The van der Waals surface area contributed by atoms with Crippen LogP contribution >= 0.6 is 0 Å². The summed E-state index contributed by atoms with van der Waals surface area (Å²) < 4.78 is 2.00. The van der Waals surface area contributed by atoms with E-state index in [4.69, 9.17) is 5.11 Å². The number of benzene rings is 1. The van der Waals surface area contributed by atoms with Gasteiger partial charge >= 0.3 is 0 Å². The summed E-state index contributed by atoms with van der Waals surface area (Å²) in [6.07, 6.45) is 1.44. The zero-order chi connectivity index (χ0) is 14.2. The first-order chi connectivity index (χ1) is 8.84. The molecule has 0 fully saturated rings. The number of aliphatic hydroxyl groups is 2. The lowest BCUT2D eigenvalue weighted by molar-refractivity contribution is 0.200. The first-order valence-electron chi connectivity index (χ1n) is 6.77. The number of rotatable bonds is 3. The zero-order valence-corrected chi connectivity index (χ0v) is 12.1. The molecule has 0 radical (unpaired) electrons. The highest BCUT2D eigenvalue weighted by atomic mass is 16.3. The minimum Gasteiger partial charge on any atom is -0.395 e. The van der Waals surface area contributed by atoms with Crippen molar-refractivity contribution < 1.29 is 10.2 Å². The van der Waals surface area contributed by atoms with E-state index in [-0.39, 0.29) is 12.0 Å². The zero-order valence-electron chi connectivity index (χ0n) is 12.1. The van der Waals surface area contributed by atoms with Crippen LogP contribution in [-0.4, -0.2) is 21.4 Å². The minimum atomic E-state index is -0.502. The Balaban J connectivity index is 2.66.